The molecule has 1 fully saturated rings. The van der Waals surface area contributed by atoms with Crippen molar-refractivity contribution in [2.75, 3.05) is 24.5 Å². The van der Waals surface area contributed by atoms with E-state index in [1.807, 2.05) is 0 Å². The van der Waals surface area contributed by atoms with E-state index >= 15 is 0 Å². The molecule has 1 unspecified atom stereocenters. The summed E-state index contributed by atoms with van der Waals surface area (Å²) >= 11 is 0. The van der Waals surface area contributed by atoms with E-state index in [-0.39, 0.29) is 24.8 Å². The lowest BCUT2D eigenvalue weighted by molar-refractivity contribution is -0.137. The predicted octanol–water partition coefficient (Wildman–Crippen LogP) is 0.940. The lowest BCUT2D eigenvalue weighted by Crippen LogP contribution is -2.41. The Labute approximate surface area is 172 Å². The summed E-state index contributed by atoms with van der Waals surface area (Å²) in [5.41, 5.74) is 7.13. The molecule has 0 bridgehead atoms. The highest BCUT2D eigenvalue weighted by Gasteiger charge is 2.32. The summed E-state index contributed by atoms with van der Waals surface area (Å²) in [4.78, 5) is 43.3. The molecule has 10 nitrogen and oxygen atoms in total. The highest BCUT2D eigenvalue weighted by atomic mass is 16.4. The van der Waals surface area contributed by atoms with Gasteiger partial charge in [-0.25, -0.2) is 4.79 Å². The number of pyridine rings is 1. The van der Waals surface area contributed by atoms with Crippen LogP contribution in [0.15, 0.2) is 48.8 Å². The molecule has 1 atom stereocenters. The second kappa shape index (κ2) is 9.03. The molecule has 3 rings (SSSR count). The molecule has 30 heavy (non-hydrogen) atoms. The Morgan fingerprint density at radius 2 is 2.00 bits per heavy atom. The van der Waals surface area contributed by atoms with E-state index in [4.69, 9.17) is 16.2 Å². The number of aliphatic carboxylic acids is 1. The van der Waals surface area contributed by atoms with Crippen LogP contribution in [0.2, 0.25) is 0 Å². The molecule has 1 aromatic carbocycles. The van der Waals surface area contributed by atoms with E-state index in [2.05, 4.69) is 10.3 Å². The van der Waals surface area contributed by atoms with Crippen molar-refractivity contribution in [3.8, 4) is 0 Å². The Balaban J connectivity index is 1.68. The van der Waals surface area contributed by atoms with Crippen LogP contribution in [0.5, 0.6) is 0 Å². The molecule has 0 radical (unpaired) electrons. The van der Waals surface area contributed by atoms with Crippen molar-refractivity contribution in [3.63, 3.8) is 0 Å². The maximum absolute atomic E-state index is 12.8. The number of hydrogen-bond acceptors (Lipinski definition) is 5. The minimum atomic E-state index is -1.06. The summed E-state index contributed by atoms with van der Waals surface area (Å²) in [6.45, 7) is 0.445. The molecule has 0 saturated carbocycles. The van der Waals surface area contributed by atoms with Crippen molar-refractivity contribution in [1.82, 2.24) is 15.2 Å². The van der Waals surface area contributed by atoms with Crippen molar-refractivity contribution in [1.29, 1.82) is 5.41 Å². The number of anilines is 1. The number of amidine groups is 1. The Bertz CT molecular complexity index is 965. The Morgan fingerprint density at radius 1 is 1.23 bits per heavy atom. The molecular formula is C20H22N6O4. The number of urea groups is 1. The first-order chi connectivity index (χ1) is 14.4. The van der Waals surface area contributed by atoms with Crippen molar-refractivity contribution in [3.05, 3.63) is 59.9 Å². The van der Waals surface area contributed by atoms with E-state index in [1.54, 1.807) is 42.6 Å². The first kappa shape index (κ1) is 20.8. The molecule has 1 saturated heterocycles. The number of aromatic nitrogens is 1. The van der Waals surface area contributed by atoms with Gasteiger partial charge in [0, 0.05) is 31.0 Å². The van der Waals surface area contributed by atoms with E-state index in [0.717, 1.165) is 0 Å². The fourth-order valence-corrected chi connectivity index (χ4v) is 3.31. The predicted molar refractivity (Wildman–Crippen MR) is 109 cm³/mol. The second-order valence-corrected chi connectivity index (χ2v) is 6.79. The summed E-state index contributed by atoms with van der Waals surface area (Å²) < 4.78 is 0. The SMILES string of the molecule is N=C(N)c1ccccc1N1CCN(CC(=O)NC(CC(=O)O)c2cccnc2)C1=O. The summed E-state index contributed by atoms with van der Waals surface area (Å²) in [5, 5.41) is 19.5. The summed E-state index contributed by atoms with van der Waals surface area (Å²) in [5.74, 6) is -1.68. The fraction of sp³-hybridized carbons (Fsp3) is 0.250. The van der Waals surface area contributed by atoms with Gasteiger partial charge in [-0.3, -0.25) is 24.9 Å². The zero-order valence-electron chi connectivity index (χ0n) is 16.1. The molecule has 0 aliphatic carbocycles. The summed E-state index contributed by atoms with van der Waals surface area (Å²) in [7, 11) is 0. The first-order valence-corrected chi connectivity index (χ1v) is 9.27. The van der Waals surface area contributed by atoms with Crippen LogP contribution in [-0.2, 0) is 9.59 Å². The number of nitrogens with zero attached hydrogens (tertiary/aromatic N) is 3. The number of benzene rings is 1. The van der Waals surface area contributed by atoms with Gasteiger partial charge in [-0.15, -0.1) is 0 Å². The van der Waals surface area contributed by atoms with Gasteiger partial charge in [-0.05, 0) is 23.8 Å². The van der Waals surface area contributed by atoms with Gasteiger partial charge in [0.25, 0.3) is 0 Å². The van der Waals surface area contributed by atoms with Gasteiger partial charge < -0.3 is 21.1 Å². The van der Waals surface area contributed by atoms with E-state index in [9.17, 15) is 14.4 Å². The fourth-order valence-electron chi connectivity index (χ4n) is 3.31. The standard InChI is InChI=1S/C20H22N6O4/c21-19(22)14-5-1-2-6-16(14)26-9-8-25(20(26)30)12-17(27)24-15(10-18(28)29)13-4-3-7-23-11-13/h1-7,11,15H,8-10,12H2,(H3,21,22)(H,24,27)(H,28,29). The van der Waals surface area contributed by atoms with E-state index in [0.29, 0.717) is 29.9 Å². The zero-order chi connectivity index (χ0) is 21.7. The van der Waals surface area contributed by atoms with Gasteiger partial charge in [0.1, 0.15) is 12.4 Å². The highest BCUT2D eigenvalue weighted by molar-refractivity contribution is 6.06. The number of nitrogen functional groups attached to an aromatic ring is 1. The Kier molecular flexibility index (Phi) is 6.26. The van der Waals surface area contributed by atoms with Crippen molar-refractivity contribution in [2.45, 2.75) is 12.5 Å². The van der Waals surface area contributed by atoms with Crippen molar-refractivity contribution < 1.29 is 19.5 Å². The number of carboxylic acids is 1. The Hall–Kier alpha value is -3.95. The number of carbonyl (C=O) groups is 3. The maximum Gasteiger partial charge on any atom is 0.325 e. The second-order valence-electron chi connectivity index (χ2n) is 6.79. The average Bonchev–Trinajstić information content (AvgIpc) is 3.07. The van der Waals surface area contributed by atoms with Crippen molar-refractivity contribution >= 4 is 29.4 Å². The normalized spacial score (nSPS) is 14.5. The molecule has 10 heteroatoms. The highest BCUT2D eigenvalue weighted by Crippen LogP contribution is 2.24. The largest absolute Gasteiger partial charge is 0.481 e. The third-order valence-corrected chi connectivity index (χ3v) is 4.72. The van der Waals surface area contributed by atoms with Gasteiger partial charge in [0.15, 0.2) is 0 Å². The third-order valence-electron chi connectivity index (χ3n) is 4.72. The lowest BCUT2D eigenvalue weighted by Gasteiger charge is -2.22. The topological polar surface area (TPSA) is 153 Å². The average molecular weight is 410 g/mol. The molecule has 3 amide bonds. The smallest absolute Gasteiger partial charge is 0.325 e. The van der Waals surface area contributed by atoms with Crippen LogP contribution >= 0.6 is 0 Å². The Morgan fingerprint density at radius 3 is 2.67 bits per heavy atom. The molecule has 2 aromatic rings. The van der Waals surface area contributed by atoms with Gasteiger partial charge >= 0.3 is 12.0 Å². The minimum Gasteiger partial charge on any atom is -0.481 e. The number of carboxylic acid groups (broad SMARTS) is 1. The molecule has 1 aliphatic heterocycles. The van der Waals surface area contributed by atoms with E-state index in [1.165, 1.54) is 16.0 Å². The van der Waals surface area contributed by atoms with Crippen LogP contribution in [0.25, 0.3) is 0 Å². The molecule has 2 heterocycles. The first-order valence-electron chi connectivity index (χ1n) is 9.27. The van der Waals surface area contributed by atoms with Crippen LogP contribution in [0, 0.1) is 5.41 Å². The van der Waals surface area contributed by atoms with Crippen molar-refractivity contribution in [2.24, 2.45) is 5.73 Å². The number of amides is 3. The molecule has 0 spiro atoms. The minimum absolute atomic E-state index is 0.150. The summed E-state index contributed by atoms with van der Waals surface area (Å²) in [6, 6.07) is 9.04. The van der Waals surface area contributed by atoms with Crippen LogP contribution in [0.1, 0.15) is 23.6 Å². The third kappa shape index (κ3) is 4.72. The lowest BCUT2D eigenvalue weighted by atomic mass is 10.1. The van der Waals surface area contributed by atoms with Gasteiger partial charge in [-0.1, -0.05) is 18.2 Å². The zero-order valence-corrected chi connectivity index (χ0v) is 16.1. The number of hydrogen-bond donors (Lipinski definition) is 4. The van der Waals surface area contributed by atoms with Gasteiger partial charge in [0.05, 0.1) is 18.2 Å². The molecule has 1 aliphatic rings. The van der Waals surface area contributed by atoms with Gasteiger partial charge in [0.2, 0.25) is 5.91 Å². The molecule has 1 aromatic heterocycles. The van der Waals surface area contributed by atoms with Crippen LogP contribution in [0.4, 0.5) is 10.5 Å². The maximum atomic E-state index is 12.8. The number of nitrogens with one attached hydrogen (secondary N) is 2. The number of nitrogens with two attached hydrogens (primary N) is 1. The van der Waals surface area contributed by atoms with Crippen LogP contribution in [0.3, 0.4) is 0 Å². The van der Waals surface area contributed by atoms with Crippen LogP contribution < -0.4 is 16.0 Å². The van der Waals surface area contributed by atoms with Crippen LogP contribution in [-0.4, -0.2) is 58.4 Å². The summed E-state index contributed by atoms with van der Waals surface area (Å²) in [6.07, 6.45) is 2.75. The molecular weight excluding hydrogens is 388 g/mol. The van der Waals surface area contributed by atoms with E-state index < -0.39 is 17.9 Å². The van der Waals surface area contributed by atoms with Gasteiger partial charge in [-0.2, -0.15) is 0 Å². The number of rotatable bonds is 8. The number of carbonyl (C=O) groups excluding carboxylic acids is 2. The number of para-hydroxylation sites is 1. The quantitative estimate of drug-likeness (QED) is 0.375. The molecule has 156 valence electrons. The molecule has 5 N–H and O–H groups in total. The monoisotopic (exact) mass is 410 g/mol.